The van der Waals surface area contributed by atoms with E-state index in [1.807, 2.05) is 0 Å². The zero-order valence-electron chi connectivity index (χ0n) is 5.04. The molecule has 48 valence electrons. The largest absolute Gasteiger partial charge is 1.00 e. The van der Waals surface area contributed by atoms with Gasteiger partial charge in [-0.15, -0.1) is 0 Å². The van der Waals surface area contributed by atoms with Crippen LogP contribution in [0.1, 0.15) is 6.92 Å². The van der Waals surface area contributed by atoms with E-state index in [-0.39, 0.29) is 29.6 Å². The third-order valence-corrected chi connectivity index (χ3v) is 0. The fraction of sp³-hybridized carbons (Fsp3) is 0.500. The predicted molar refractivity (Wildman–Crippen MR) is 21.5 cm³/mol. The van der Waals surface area contributed by atoms with Gasteiger partial charge in [0.2, 0.25) is 0 Å². The first-order valence-corrected chi connectivity index (χ1v) is 1.60. The number of halogens is 4. The van der Waals surface area contributed by atoms with Crippen LogP contribution in [0.15, 0.2) is 0 Å². The number of hydrogen-bond donors (Lipinski definition) is 0. The third-order valence-electron chi connectivity index (χ3n) is 0. The molecule has 0 rings (SSSR count). The second-order valence-electron chi connectivity index (χ2n) is 0.718. The Bertz CT molecular complexity index is 79.5. The summed E-state index contributed by atoms with van der Waals surface area (Å²) in [5, 5.41) is 7.32. The Morgan fingerprint density at radius 1 is 1.22 bits per heavy atom. The zero-order chi connectivity index (χ0) is 7.21. The Balaban J connectivity index is -0.0000000800. The van der Waals surface area contributed by atoms with Crippen molar-refractivity contribution in [2.75, 3.05) is 0 Å². The van der Waals surface area contributed by atoms with Gasteiger partial charge in [0.15, 0.2) is 0 Å². The molecule has 0 bridgehead atoms. The average Bonchev–Trinajstić information content (AvgIpc) is 1.27. The van der Waals surface area contributed by atoms with Gasteiger partial charge < -0.3 is 17.3 Å². The molecule has 0 amide bonds. The van der Waals surface area contributed by atoms with Crippen LogP contribution in [0, 0.1) is 11.3 Å². The first-order chi connectivity index (χ1) is 3.41. The van der Waals surface area contributed by atoms with Crippen LogP contribution >= 0.6 is 0 Å². The van der Waals surface area contributed by atoms with Crippen molar-refractivity contribution in [1.29, 1.82) is 5.26 Å². The first-order valence-electron chi connectivity index (χ1n) is 1.60. The molecule has 0 aromatic heterocycles. The fourth-order valence-corrected chi connectivity index (χ4v) is 0. The smallest absolute Gasteiger partial charge is 0.418 e. The van der Waals surface area contributed by atoms with Crippen molar-refractivity contribution in [2.45, 2.75) is 6.92 Å². The molecule has 9 heavy (non-hydrogen) atoms. The molecule has 0 heterocycles. The molecule has 0 aromatic rings. The molecule has 0 aliphatic heterocycles. The molecule has 0 atom stereocenters. The van der Waals surface area contributed by atoms with Gasteiger partial charge >= 0.3 is 36.8 Å². The molecular weight excluding hydrogens is 148 g/mol. The van der Waals surface area contributed by atoms with E-state index >= 15 is 0 Å². The predicted octanol–water partition coefficient (Wildman–Crippen LogP) is -1.17. The summed E-state index contributed by atoms with van der Waals surface area (Å²) in [6.45, 7) is 1.43. The molecule has 7 heteroatoms. The Morgan fingerprint density at radius 3 is 1.22 bits per heavy atom. The minimum absolute atomic E-state index is 0. The van der Waals surface area contributed by atoms with Crippen molar-refractivity contribution in [2.24, 2.45) is 0 Å². The summed E-state index contributed by atoms with van der Waals surface area (Å²) in [6.07, 6.45) is 0. The van der Waals surface area contributed by atoms with E-state index in [1.54, 1.807) is 6.07 Å². The summed E-state index contributed by atoms with van der Waals surface area (Å²) in [5.41, 5.74) is 0. The Labute approximate surface area is 72.4 Å². The van der Waals surface area contributed by atoms with Crippen molar-refractivity contribution in [1.82, 2.24) is 0 Å². The molecule has 0 fully saturated rings. The SMILES string of the molecule is CC#N.F[B-](F)(F)F.[Na+]. The zero-order valence-corrected chi connectivity index (χ0v) is 7.04. The van der Waals surface area contributed by atoms with E-state index in [9.17, 15) is 17.3 Å². The Morgan fingerprint density at radius 2 is 1.22 bits per heavy atom. The molecule has 1 nitrogen and oxygen atoms in total. The average molecular weight is 151 g/mol. The normalized spacial score (nSPS) is 7.56. The topological polar surface area (TPSA) is 23.8 Å². The van der Waals surface area contributed by atoms with Crippen molar-refractivity contribution < 1.29 is 46.8 Å². The maximum absolute atomic E-state index is 9.75. The quantitative estimate of drug-likeness (QED) is 0.316. The van der Waals surface area contributed by atoms with E-state index in [0.29, 0.717) is 0 Å². The second-order valence-corrected chi connectivity index (χ2v) is 0.718. The molecule has 0 aromatic carbocycles. The summed E-state index contributed by atoms with van der Waals surface area (Å²) in [5.74, 6) is 0. The summed E-state index contributed by atoms with van der Waals surface area (Å²) in [7, 11) is -6.00. The molecule has 0 radical (unpaired) electrons. The third kappa shape index (κ3) is 4310. The Hall–Kier alpha value is 0.275. The van der Waals surface area contributed by atoms with Gasteiger partial charge in [-0.05, 0) is 0 Å². The molecule has 0 aliphatic carbocycles. The van der Waals surface area contributed by atoms with Gasteiger partial charge in [0.1, 0.15) is 0 Å². The van der Waals surface area contributed by atoms with E-state index in [1.165, 1.54) is 6.92 Å². The molecule has 0 unspecified atom stereocenters. The van der Waals surface area contributed by atoms with Crippen LogP contribution in [0.4, 0.5) is 17.3 Å². The fourth-order valence-electron chi connectivity index (χ4n) is 0. The van der Waals surface area contributed by atoms with Crippen LogP contribution in [-0.4, -0.2) is 7.25 Å². The van der Waals surface area contributed by atoms with Gasteiger partial charge in [-0.3, -0.25) is 0 Å². The van der Waals surface area contributed by atoms with Crippen LogP contribution in [0.25, 0.3) is 0 Å². The van der Waals surface area contributed by atoms with Crippen LogP contribution in [-0.2, 0) is 0 Å². The van der Waals surface area contributed by atoms with E-state index in [4.69, 9.17) is 5.26 Å². The second kappa shape index (κ2) is 8.27. The van der Waals surface area contributed by atoms with E-state index in [0.717, 1.165) is 0 Å². The van der Waals surface area contributed by atoms with Crippen molar-refractivity contribution >= 4 is 7.25 Å². The van der Waals surface area contributed by atoms with E-state index < -0.39 is 7.25 Å². The maximum Gasteiger partial charge on any atom is 1.00 e. The van der Waals surface area contributed by atoms with Crippen LogP contribution < -0.4 is 29.6 Å². The summed E-state index contributed by atoms with van der Waals surface area (Å²) < 4.78 is 39.0. The molecule has 0 spiro atoms. The van der Waals surface area contributed by atoms with Crippen molar-refractivity contribution in [3.63, 3.8) is 0 Å². The summed E-state index contributed by atoms with van der Waals surface area (Å²) in [6, 6.07) is 1.75. The summed E-state index contributed by atoms with van der Waals surface area (Å²) >= 11 is 0. The van der Waals surface area contributed by atoms with Gasteiger partial charge in [0, 0.05) is 6.92 Å². The Kier molecular flexibility index (Phi) is 14.8. The molecular formula is C2H3BF4NNa. The minimum atomic E-state index is -6.00. The monoisotopic (exact) mass is 151 g/mol. The van der Waals surface area contributed by atoms with Crippen molar-refractivity contribution in [3.05, 3.63) is 0 Å². The van der Waals surface area contributed by atoms with Gasteiger partial charge in [-0.25, -0.2) is 0 Å². The number of rotatable bonds is 0. The first kappa shape index (κ1) is 16.1. The standard InChI is InChI=1S/C2H3N.BF4.Na/c1-2-3;2-1(3,4)5;/h1H3;;/q;-1;+1. The molecule has 0 saturated heterocycles. The van der Waals surface area contributed by atoms with Gasteiger partial charge in [-0.1, -0.05) is 0 Å². The number of nitriles is 1. The van der Waals surface area contributed by atoms with Gasteiger partial charge in [-0.2, -0.15) is 5.26 Å². The van der Waals surface area contributed by atoms with Crippen LogP contribution in [0.5, 0.6) is 0 Å². The van der Waals surface area contributed by atoms with Crippen LogP contribution in [0.2, 0.25) is 0 Å². The molecule has 0 N–H and O–H groups in total. The van der Waals surface area contributed by atoms with Crippen LogP contribution in [0.3, 0.4) is 0 Å². The number of hydrogen-bond acceptors (Lipinski definition) is 1. The number of nitrogens with zero attached hydrogens (tertiary/aromatic N) is 1. The van der Waals surface area contributed by atoms with E-state index in [2.05, 4.69) is 0 Å². The molecule has 0 saturated carbocycles. The van der Waals surface area contributed by atoms with Gasteiger partial charge in [0.25, 0.3) is 0 Å². The van der Waals surface area contributed by atoms with Gasteiger partial charge in [0.05, 0.1) is 6.07 Å². The maximum atomic E-state index is 9.75. The van der Waals surface area contributed by atoms with Crippen molar-refractivity contribution in [3.8, 4) is 6.07 Å². The summed E-state index contributed by atoms with van der Waals surface area (Å²) in [4.78, 5) is 0. The minimum Gasteiger partial charge on any atom is -0.418 e. The molecule has 0 aliphatic rings.